The number of nitrogens with two attached hydrogens (primary N) is 1. The average molecular weight is 358 g/mol. The van der Waals surface area contributed by atoms with Gasteiger partial charge in [-0.1, -0.05) is 6.07 Å². The van der Waals surface area contributed by atoms with Gasteiger partial charge < -0.3 is 25.3 Å². The molecule has 0 saturated carbocycles. The van der Waals surface area contributed by atoms with Crippen LogP contribution in [0.15, 0.2) is 41.5 Å². The van der Waals surface area contributed by atoms with Crippen LogP contribution in [-0.2, 0) is 12.8 Å². The van der Waals surface area contributed by atoms with Crippen molar-refractivity contribution in [1.82, 2.24) is 10.3 Å². The third-order valence-electron chi connectivity index (χ3n) is 3.87. The smallest absolute Gasteiger partial charge is 0.188 e. The molecule has 26 heavy (non-hydrogen) atoms. The topological polar surface area (TPSA) is 91.0 Å². The zero-order valence-corrected chi connectivity index (χ0v) is 15.5. The number of aromatic nitrogens is 1. The summed E-state index contributed by atoms with van der Waals surface area (Å²) in [6.07, 6.45) is 3.20. The molecule has 3 N–H and O–H groups in total. The van der Waals surface area contributed by atoms with E-state index in [2.05, 4.69) is 15.3 Å². The van der Waals surface area contributed by atoms with Crippen LogP contribution in [0.3, 0.4) is 0 Å². The molecule has 1 aromatic carbocycles. The number of aliphatic imine (C=N–C) groups is 1. The molecule has 0 aliphatic rings. The molecule has 0 saturated heterocycles. The third kappa shape index (κ3) is 5.54. The van der Waals surface area contributed by atoms with Crippen molar-refractivity contribution in [2.75, 3.05) is 34.4 Å². The number of methoxy groups -OCH3 is 3. The van der Waals surface area contributed by atoms with Gasteiger partial charge >= 0.3 is 0 Å². The molecule has 140 valence electrons. The van der Waals surface area contributed by atoms with Crippen LogP contribution < -0.4 is 25.3 Å². The fourth-order valence-electron chi connectivity index (χ4n) is 2.53. The quantitative estimate of drug-likeness (QED) is 0.525. The normalized spacial score (nSPS) is 11.1. The van der Waals surface area contributed by atoms with Crippen molar-refractivity contribution < 1.29 is 14.2 Å². The number of benzene rings is 1. The number of ether oxygens (including phenoxy) is 3. The second-order valence-corrected chi connectivity index (χ2v) is 5.53. The van der Waals surface area contributed by atoms with Gasteiger partial charge in [-0.3, -0.25) is 9.98 Å². The summed E-state index contributed by atoms with van der Waals surface area (Å²) in [7, 11) is 4.86. The van der Waals surface area contributed by atoms with E-state index in [1.54, 1.807) is 27.5 Å². The van der Waals surface area contributed by atoms with Crippen molar-refractivity contribution in [3.8, 4) is 17.2 Å². The van der Waals surface area contributed by atoms with E-state index in [0.29, 0.717) is 42.7 Å². The van der Waals surface area contributed by atoms with Crippen molar-refractivity contribution >= 4 is 5.96 Å². The van der Waals surface area contributed by atoms with Gasteiger partial charge in [-0.15, -0.1) is 0 Å². The van der Waals surface area contributed by atoms with E-state index in [-0.39, 0.29) is 0 Å². The molecule has 1 aromatic heterocycles. The standard InChI is InChI=1S/C19H26N4O3/c1-24-15-12-17(25-2)16(18(13-15)26-3)8-11-23-19(20)22-10-7-14-6-4-5-9-21-14/h4-6,9,12-13H,7-8,10-11H2,1-3H3,(H3,20,22,23). The zero-order chi connectivity index (χ0) is 18.8. The minimum atomic E-state index is 0.410. The van der Waals surface area contributed by atoms with Gasteiger partial charge in [0, 0.05) is 49.1 Å². The van der Waals surface area contributed by atoms with Gasteiger partial charge in [0.15, 0.2) is 5.96 Å². The average Bonchev–Trinajstić information content (AvgIpc) is 2.68. The van der Waals surface area contributed by atoms with Crippen LogP contribution in [-0.4, -0.2) is 45.4 Å². The van der Waals surface area contributed by atoms with Crippen LogP contribution in [0.25, 0.3) is 0 Å². The molecule has 2 aromatic rings. The van der Waals surface area contributed by atoms with E-state index in [0.717, 1.165) is 17.7 Å². The highest BCUT2D eigenvalue weighted by molar-refractivity contribution is 5.77. The maximum atomic E-state index is 5.92. The summed E-state index contributed by atoms with van der Waals surface area (Å²) in [5, 5.41) is 3.11. The molecule has 0 aliphatic heterocycles. The highest BCUT2D eigenvalue weighted by Gasteiger charge is 2.13. The first-order chi connectivity index (χ1) is 12.7. The molecule has 0 bridgehead atoms. The lowest BCUT2D eigenvalue weighted by Gasteiger charge is -2.15. The molecule has 7 heteroatoms. The van der Waals surface area contributed by atoms with Gasteiger partial charge in [0.1, 0.15) is 17.2 Å². The SMILES string of the molecule is COc1cc(OC)c(CCNC(N)=NCCc2ccccn2)c(OC)c1. The molecule has 0 fully saturated rings. The first kappa shape index (κ1) is 19.4. The van der Waals surface area contributed by atoms with E-state index in [1.807, 2.05) is 30.3 Å². The molecule has 0 unspecified atom stereocenters. The molecule has 0 atom stereocenters. The summed E-state index contributed by atoms with van der Waals surface area (Å²) < 4.78 is 16.1. The number of pyridine rings is 1. The number of nitrogens with one attached hydrogen (secondary N) is 1. The predicted octanol–water partition coefficient (Wildman–Crippen LogP) is 1.80. The van der Waals surface area contributed by atoms with Crippen LogP contribution >= 0.6 is 0 Å². The third-order valence-corrected chi connectivity index (χ3v) is 3.87. The van der Waals surface area contributed by atoms with Crippen molar-refractivity contribution in [3.05, 3.63) is 47.8 Å². The number of hydrogen-bond donors (Lipinski definition) is 2. The maximum absolute atomic E-state index is 5.92. The lowest BCUT2D eigenvalue weighted by molar-refractivity contribution is 0.368. The second-order valence-electron chi connectivity index (χ2n) is 5.53. The van der Waals surface area contributed by atoms with Crippen molar-refractivity contribution in [2.24, 2.45) is 10.7 Å². The Kier molecular flexibility index (Phi) is 7.54. The highest BCUT2D eigenvalue weighted by atomic mass is 16.5. The van der Waals surface area contributed by atoms with Gasteiger partial charge in [-0.25, -0.2) is 0 Å². The van der Waals surface area contributed by atoms with Gasteiger partial charge in [-0.2, -0.15) is 0 Å². The van der Waals surface area contributed by atoms with Crippen LogP contribution in [0.4, 0.5) is 0 Å². The van der Waals surface area contributed by atoms with Gasteiger partial charge in [-0.05, 0) is 18.6 Å². The molecule has 0 amide bonds. The number of rotatable bonds is 9. The Bertz CT molecular complexity index is 695. The summed E-state index contributed by atoms with van der Waals surface area (Å²) in [6, 6.07) is 9.50. The number of hydrogen-bond acceptors (Lipinski definition) is 5. The zero-order valence-electron chi connectivity index (χ0n) is 15.5. The first-order valence-corrected chi connectivity index (χ1v) is 8.40. The molecular weight excluding hydrogens is 332 g/mol. The molecule has 7 nitrogen and oxygen atoms in total. The van der Waals surface area contributed by atoms with E-state index in [4.69, 9.17) is 19.9 Å². The van der Waals surface area contributed by atoms with Crippen molar-refractivity contribution in [3.63, 3.8) is 0 Å². The predicted molar refractivity (Wildman–Crippen MR) is 102 cm³/mol. The molecule has 0 radical (unpaired) electrons. The maximum Gasteiger partial charge on any atom is 0.188 e. The summed E-state index contributed by atoms with van der Waals surface area (Å²) in [4.78, 5) is 8.59. The van der Waals surface area contributed by atoms with Crippen LogP contribution in [0.1, 0.15) is 11.3 Å². The lowest BCUT2D eigenvalue weighted by atomic mass is 10.1. The Morgan fingerprint density at radius 3 is 2.38 bits per heavy atom. The van der Waals surface area contributed by atoms with Crippen LogP contribution in [0.2, 0.25) is 0 Å². The van der Waals surface area contributed by atoms with E-state index in [9.17, 15) is 0 Å². The fraction of sp³-hybridized carbons (Fsp3) is 0.368. The van der Waals surface area contributed by atoms with E-state index < -0.39 is 0 Å². The largest absolute Gasteiger partial charge is 0.496 e. The molecule has 1 heterocycles. The van der Waals surface area contributed by atoms with Gasteiger partial charge in [0.05, 0.1) is 21.3 Å². The summed E-state index contributed by atoms with van der Waals surface area (Å²) in [5.41, 5.74) is 7.87. The summed E-state index contributed by atoms with van der Waals surface area (Å²) >= 11 is 0. The fourth-order valence-corrected chi connectivity index (χ4v) is 2.53. The number of nitrogens with zero attached hydrogens (tertiary/aromatic N) is 2. The van der Waals surface area contributed by atoms with Crippen molar-refractivity contribution in [2.45, 2.75) is 12.8 Å². The Morgan fingerprint density at radius 1 is 1.08 bits per heavy atom. The van der Waals surface area contributed by atoms with Gasteiger partial charge in [0.25, 0.3) is 0 Å². The van der Waals surface area contributed by atoms with Crippen molar-refractivity contribution in [1.29, 1.82) is 0 Å². The Labute approximate surface area is 154 Å². The Balaban J connectivity index is 1.89. The minimum Gasteiger partial charge on any atom is -0.496 e. The number of guanidine groups is 1. The molecule has 0 aliphatic carbocycles. The van der Waals surface area contributed by atoms with Gasteiger partial charge in [0.2, 0.25) is 0 Å². The monoisotopic (exact) mass is 358 g/mol. The van der Waals surface area contributed by atoms with E-state index >= 15 is 0 Å². The lowest BCUT2D eigenvalue weighted by Crippen LogP contribution is -2.33. The second kappa shape index (κ2) is 10.1. The van der Waals surface area contributed by atoms with E-state index in [1.165, 1.54) is 0 Å². The molecular formula is C19H26N4O3. The molecule has 0 spiro atoms. The minimum absolute atomic E-state index is 0.410. The van der Waals surface area contributed by atoms with Crippen LogP contribution in [0, 0.1) is 0 Å². The Hall–Kier alpha value is -2.96. The molecule has 2 rings (SSSR count). The Morgan fingerprint density at radius 2 is 1.81 bits per heavy atom. The van der Waals surface area contributed by atoms with Crippen LogP contribution in [0.5, 0.6) is 17.2 Å². The first-order valence-electron chi connectivity index (χ1n) is 8.40. The highest BCUT2D eigenvalue weighted by Crippen LogP contribution is 2.34. The summed E-state index contributed by atoms with van der Waals surface area (Å²) in [6.45, 7) is 1.20. The summed E-state index contributed by atoms with van der Waals surface area (Å²) in [5.74, 6) is 2.53.